The van der Waals surface area contributed by atoms with Crippen LogP contribution < -0.4 is 16.0 Å². The molecule has 0 radical (unpaired) electrons. The molecule has 0 aliphatic carbocycles. The summed E-state index contributed by atoms with van der Waals surface area (Å²) in [6, 6.07) is 8.83. The molecule has 0 spiro atoms. The van der Waals surface area contributed by atoms with Crippen LogP contribution in [-0.2, 0) is 6.54 Å². The number of rotatable bonds is 3. The van der Waals surface area contributed by atoms with Gasteiger partial charge in [-0.3, -0.25) is 4.79 Å². The fourth-order valence-corrected chi connectivity index (χ4v) is 1.47. The van der Waals surface area contributed by atoms with Gasteiger partial charge in [-0.1, -0.05) is 12.1 Å². The van der Waals surface area contributed by atoms with Crippen molar-refractivity contribution < 1.29 is 4.74 Å². The fraction of sp³-hybridized carbons (Fsp3) is 0.167. The van der Waals surface area contributed by atoms with Crippen molar-refractivity contribution >= 4 is 5.69 Å². The Morgan fingerprint density at radius 2 is 2.06 bits per heavy atom. The highest BCUT2D eigenvalue weighted by molar-refractivity contribution is 5.32. The van der Waals surface area contributed by atoms with Gasteiger partial charge >= 0.3 is 0 Å². The summed E-state index contributed by atoms with van der Waals surface area (Å²) in [5, 5.41) is 3.96. The largest absolute Gasteiger partial charge is 0.497 e. The van der Waals surface area contributed by atoms with E-state index >= 15 is 0 Å². The predicted molar refractivity (Wildman–Crippen MR) is 65.0 cm³/mol. The Morgan fingerprint density at radius 1 is 1.35 bits per heavy atom. The van der Waals surface area contributed by atoms with Gasteiger partial charge in [0.2, 0.25) is 0 Å². The quantitative estimate of drug-likeness (QED) is 0.851. The summed E-state index contributed by atoms with van der Waals surface area (Å²) in [7, 11) is 1.61. The molecule has 0 bridgehead atoms. The number of nitrogens with two attached hydrogens (primary N) is 1. The van der Waals surface area contributed by atoms with Crippen LogP contribution >= 0.6 is 0 Å². The lowest BCUT2D eigenvalue weighted by atomic mass is 10.2. The zero-order valence-corrected chi connectivity index (χ0v) is 9.46. The summed E-state index contributed by atoms with van der Waals surface area (Å²) < 4.78 is 6.42. The number of hydrogen-bond donors (Lipinski definition) is 1. The highest BCUT2D eigenvalue weighted by Gasteiger charge is 2.00. The van der Waals surface area contributed by atoms with Crippen LogP contribution in [0.15, 0.2) is 41.3 Å². The van der Waals surface area contributed by atoms with Crippen molar-refractivity contribution in [2.24, 2.45) is 0 Å². The van der Waals surface area contributed by atoms with E-state index in [0.717, 1.165) is 11.3 Å². The van der Waals surface area contributed by atoms with Crippen molar-refractivity contribution in [1.82, 2.24) is 9.78 Å². The maximum absolute atomic E-state index is 11.6. The molecule has 2 rings (SSSR count). The number of hydrogen-bond acceptors (Lipinski definition) is 4. The minimum Gasteiger partial charge on any atom is -0.497 e. The number of nitrogens with zero attached hydrogens (tertiary/aromatic N) is 2. The van der Waals surface area contributed by atoms with Crippen molar-refractivity contribution in [3.05, 3.63) is 52.4 Å². The monoisotopic (exact) mass is 231 g/mol. The van der Waals surface area contributed by atoms with Crippen molar-refractivity contribution in [1.29, 1.82) is 0 Å². The molecule has 1 aromatic carbocycles. The summed E-state index contributed by atoms with van der Waals surface area (Å²) in [4.78, 5) is 11.6. The first kappa shape index (κ1) is 11.2. The third-order valence-corrected chi connectivity index (χ3v) is 2.38. The Hall–Kier alpha value is -2.30. The van der Waals surface area contributed by atoms with Gasteiger partial charge in [0.25, 0.3) is 5.56 Å². The van der Waals surface area contributed by atoms with Crippen LogP contribution in [0.3, 0.4) is 0 Å². The highest BCUT2D eigenvalue weighted by atomic mass is 16.5. The van der Waals surface area contributed by atoms with Gasteiger partial charge in [0.1, 0.15) is 5.75 Å². The SMILES string of the molecule is COc1ccc(Cn2ncc(N)cc2=O)cc1. The summed E-state index contributed by atoms with van der Waals surface area (Å²) in [5.41, 5.74) is 6.61. The molecule has 0 saturated carbocycles. The number of methoxy groups -OCH3 is 1. The smallest absolute Gasteiger partial charge is 0.269 e. The predicted octanol–water partition coefficient (Wildman–Crippen LogP) is 0.882. The highest BCUT2D eigenvalue weighted by Crippen LogP contribution is 2.11. The average molecular weight is 231 g/mol. The summed E-state index contributed by atoms with van der Waals surface area (Å²) >= 11 is 0. The molecular formula is C12H13N3O2. The van der Waals surface area contributed by atoms with E-state index in [9.17, 15) is 4.79 Å². The molecule has 1 heterocycles. The first-order valence-corrected chi connectivity index (χ1v) is 5.14. The van der Waals surface area contributed by atoms with Gasteiger partial charge in [-0.05, 0) is 17.7 Å². The molecule has 0 aliphatic heterocycles. The van der Waals surface area contributed by atoms with E-state index in [2.05, 4.69) is 5.10 Å². The van der Waals surface area contributed by atoms with Crippen LogP contribution in [-0.4, -0.2) is 16.9 Å². The Labute approximate surface area is 98.5 Å². The molecule has 88 valence electrons. The number of benzene rings is 1. The second-order valence-electron chi connectivity index (χ2n) is 3.63. The molecule has 2 aromatic rings. The fourth-order valence-electron chi connectivity index (χ4n) is 1.47. The first-order valence-electron chi connectivity index (χ1n) is 5.14. The van der Waals surface area contributed by atoms with Crippen LogP contribution in [0.1, 0.15) is 5.56 Å². The number of ether oxygens (including phenoxy) is 1. The van der Waals surface area contributed by atoms with Gasteiger partial charge in [0.15, 0.2) is 0 Å². The Balaban J connectivity index is 2.22. The van der Waals surface area contributed by atoms with Crippen molar-refractivity contribution in [3.8, 4) is 5.75 Å². The molecule has 5 heteroatoms. The molecule has 0 atom stereocenters. The van der Waals surface area contributed by atoms with Gasteiger partial charge in [-0.2, -0.15) is 5.10 Å². The van der Waals surface area contributed by atoms with E-state index < -0.39 is 0 Å². The molecule has 5 nitrogen and oxygen atoms in total. The average Bonchev–Trinajstić information content (AvgIpc) is 2.34. The van der Waals surface area contributed by atoms with Gasteiger partial charge in [-0.25, -0.2) is 4.68 Å². The van der Waals surface area contributed by atoms with Crippen LogP contribution in [0, 0.1) is 0 Å². The van der Waals surface area contributed by atoms with E-state index in [4.69, 9.17) is 10.5 Å². The molecule has 2 N–H and O–H groups in total. The van der Waals surface area contributed by atoms with E-state index in [1.807, 2.05) is 24.3 Å². The maximum atomic E-state index is 11.6. The summed E-state index contributed by atoms with van der Waals surface area (Å²) in [5.74, 6) is 0.784. The van der Waals surface area contributed by atoms with E-state index in [0.29, 0.717) is 12.2 Å². The number of nitrogen functional groups attached to an aromatic ring is 1. The third-order valence-electron chi connectivity index (χ3n) is 2.38. The maximum Gasteiger partial charge on any atom is 0.269 e. The molecular weight excluding hydrogens is 218 g/mol. The topological polar surface area (TPSA) is 70.1 Å². The van der Waals surface area contributed by atoms with E-state index in [-0.39, 0.29) is 5.56 Å². The molecule has 0 aliphatic rings. The van der Waals surface area contributed by atoms with Crippen molar-refractivity contribution in [2.45, 2.75) is 6.54 Å². The Kier molecular flexibility index (Phi) is 3.09. The van der Waals surface area contributed by atoms with E-state index in [1.54, 1.807) is 7.11 Å². The van der Waals surface area contributed by atoms with Gasteiger partial charge in [0, 0.05) is 6.07 Å². The normalized spacial score (nSPS) is 10.2. The Bertz CT molecular complexity index is 561. The lowest BCUT2D eigenvalue weighted by Crippen LogP contribution is -2.22. The lowest BCUT2D eigenvalue weighted by Gasteiger charge is -2.05. The van der Waals surface area contributed by atoms with Crippen molar-refractivity contribution in [2.75, 3.05) is 12.8 Å². The van der Waals surface area contributed by atoms with Gasteiger partial charge < -0.3 is 10.5 Å². The second-order valence-corrected chi connectivity index (χ2v) is 3.63. The first-order chi connectivity index (χ1) is 8.19. The minimum absolute atomic E-state index is 0.208. The molecule has 0 saturated heterocycles. The third kappa shape index (κ3) is 2.63. The van der Waals surface area contributed by atoms with Gasteiger partial charge in [0.05, 0.1) is 25.5 Å². The van der Waals surface area contributed by atoms with Crippen LogP contribution in [0.25, 0.3) is 0 Å². The summed E-state index contributed by atoms with van der Waals surface area (Å²) in [6.45, 7) is 0.420. The number of aromatic nitrogens is 2. The molecule has 1 aromatic heterocycles. The van der Waals surface area contributed by atoms with Crippen molar-refractivity contribution in [3.63, 3.8) is 0 Å². The van der Waals surface area contributed by atoms with Gasteiger partial charge in [-0.15, -0.1) is 0 Å². The zero-order valence-electron chi connectivity index (χ0n) is 9.46. The molecule has 17 heavy (non-hydrogen) atoms. The molecule has 0 unspecified atom stereocenters. The second kappa shape index (κ2) is 4.69. The lowest BCUT2D eigenvalue weighted by molar-refractivity contribution is 0.414. The van der Waals surface area contributed by atoms with Crippen LogP contribution in [0.5, 0.6) is 5.75 Å². The molecule has 0 amide bonds. The number of anilines is 1. The summed E-state index contributed by atoms with van der Waals surface area (Å²) in [6.07, 6.45) is 1.46. The standard InChI is InChI=1S/C12H13N3O2/c1-17-11-4-2-9(3-5-11)8-15-12(16)6-10(13)7-14-15/h2-7H,8,13H2,1H3. The minimum atomic E-state index is -0.208. The van der Waals surface area contributed by atoms with E-state index in [1.165, 1.54) is 16.9 Å². The zero-order chi connectivity index (χ0) is 12.3. The van der Waals surface area contributed by atoms with Crippen LogP contribution in [0.2, 0.25) is 0 Å². The molecule has 0 fully saturated rings. The van der Waals surface area contributed by atoms with Crippen LogP contribution in [0.4, 0.5) is 5.69 Å². The Morgan fingerprint density at radius 3 is 2.65 bits per heavy atom.